The van der Waals surface area contributed by atoms with Crippen molar-refractivity contribution < 1.29 is 83.8 Å². The van der Waals surface area contributed by atoms with Crippen molar-refractivity contribution >= 4 is 44.9 Å². The number of alkyl carbamates (subject to hydrolysis) is 1. The van der Waals surface area contributed by atoms with Crippen molar-refractivity contribution in [1.29, 1.82) is 0 Å². The number of phosphoric acid groups is 4. The van der Waals surface area contributed by atoms with Crippen LogP contribution < -0.4 is 5.32 Å². The number of amides is 1. The molecule has 0 bridgehead atoms. The van der Waals surface area contributed by atoms with Crippen LogP contribution in [0.2, 0.25) is 0 Å². The van der Waals surface area contributed by atoms with Crippen molar-refractivity contribution in [3.05, 3.63) is 35.9 Å². The van der Waals surface area contributed by atoms with Crippen LogP contribution in [0.4, 0.5) is 4.79 Å². The summed E-state index contributed by atoms with van der Waals surface area (Å²) in [6.07, 6.45) is 1.03. The molecule has 0 aliphatic rings. The van der Waals surface area contributed by atoms with Crippen molar-refractivity contribution in [2.75, 3.05) is 19.8 Å². The molecule has 3 atom stereocenters. The van der Waals surface area contributed by atoms with Gasteiger partial charge in [0.2, 0.25) is 0 Å². The van der Waals surface area contributed by atoms with E-state index < -0.39 is 51.5 Å². The fourth-order valence-electron chi connectivity index (χ4n) is 2.53. The van der Waals surface area contributed by atoms with Gasteiger partial charge in [0.25, 0.3) is 0 Å². The standard InChI is InChI=1S/C15H30NO18P5/c1-39(27,28,34-38(25,26)32-37(23,24)31-35(18,19)20)33-36(21,22)30-12-8-3-2-7-11-16-15(17)29-13-14-9-5-4-6-10-14/h4-6,9-10,27-28H,2-3,7-8,11-13H2,1H3,(H,16,17)(H,21,22)(H,23,24)(H,25,26)(H2,18,19,20). The van der Waals surface area contributed by atoms with Crippen LogP contribution in [0.25, 0.3) is 0 Å². The summed E-state index contributed by atoms with van der Waals surface area (Å²) in [6, 6.07) is 9.03. The summed E-state index contributed by atoms with van der Waals surface area (Å²) >= 11 is 0. The molecule has 24 heteroatoms. The Morgan fingerprint density at radius 3 is 1.97 bits per heavy atom. The third kappa shape index (κ3) is 18.4. The molecule has 1 aromatic carbocycles. The van der Waals surface area contributed by atoms with E-state index in [0.717, 1.165) is 5.56 Å². The van der Waals surface area contributed by atoms with E-state index in [4.69, 9.17) is 19.4 Å². The van der Waals surface area contributed by atoms with Crippen molar-refractivity contribution in [3.8, 4) is 0 Å². The van der Waals surface area contributed by atoms with Crippen molar-refractivity contribution in [2.45, 2.75) is 32.3 Å². The second-order valence-corrected chi connectivity index (χ2v) is 16.9. The van der Waals surface area contributed by atoms with Crippen LogP contribution in [0.1, 0.15) is 31.2 Å². The van der Waals surface area contributed by atoms with Gasteiger partial charge in [-0.05, 0) is 5.56 Å². The number of carbonyl (C=O) groups is 1. The second-order valence-electron chi connectivity index (χ2n) is 7.71. The Hall–Kier alpha value is -0.640. The Morgan fingerprint density at radius 1 is 0.821 bits per heavy atom. The fourth-order valence-corrected chi connectivity index (χ4v) is 10.2. The molecule has 8 N–H and O–H groups in total. The molecule has 0 saturated carbocycles. The van der Waals surface area contributed by atoms with E-state index in [2.05, 4.69) is 27.1 Å². The monoisotopic (exact) mass is 667 g/mol. The third-order valence-electron chi connectivity index (χ3n) is 3.81. The van der Waals surface area contributed by atoms with Crippen molar-refractivity contribution in [3.63, 3.8) is 0 Å². The summed E-state index contributed by atoms with van der Waals surface area (Å²) in [6.45, 7) is 0.0462. The molecule has 0 spiro atoms. The van der Waals surface area contributed by atoms with E-state index in [1.54, 1.807) is 24.3 Å². The number of rotatable bonds is 18. The van der Waals surface area contributed by atoms with Crippen LogP contribution in [-0.4, -0.2) is 60.2 Å². The van der Waals surface area contributed by atoms with E-state index in [0.29, 0.717) is 19.3 Å². The molecule has 0 aliphatic heterocycles. The number of hydrogen-bond acceptors (Lipinski definition) is 13. The van der Waals surface area contributed by atoms with Gasteiger partial charge in [0.15, 0.2) is 0 Å². The molecule has 0 saturated heterocycles. The first kappa shape index (κ1) is 36.4. The van der Waals surface area contributed by atoms with Crippen LogP contribution in [0.3, 0.4) is 0 Å². The summed E-state index contributed by atoms with van der Waals surface area (Å²) in [4.78, 5) is 76.6. The quantitative estimate of drug-likeness (QED) is 0.0824. The number of carbonyl (C=O) groups excluding carboxylic acids is 1. The van der Waals surface area contributed by atoms with Gasteiger partial charge >= 0.3 is 180 Å². The average molecular weight is 667 g/mol. The van der Waals surface area contributed by atoms with Crippen LogP contribution >= 0.6 is 38.8 Å². The van der Waals surface area contributed by atoms with E-state index in [9.17, 15) is 42.6 Å². The Kier molecular flexibility index (Phi) is 13.5. The van der Waals surface area contributed by atoms with Gasteiger partial charge in [-0.1, -0.05) is 30.3 Å². The van der Waals surface area contributed by atoms with Gasteiger partial charge in [0.1, 0.15) is 6.61 Å². The molecule has 39 heavy (non-hydrogen) atoms. The Bertz CT molecular complexity index is 1130. The number of hydrogen-bond donors (Lipinski definition) is 8. The first-order chi connectivity index (χ1) is 17.6. The summed E-state index contributed by atoms with van der Waals surface area (Å²) < 4.78 is 69.9. The molecule has 0 aliphatic carbocycles. The summed E-state index contributed by atoms with van der Waals surface area (Å²) in [5.41, 5.74) is 0.822. The maximum atomic E-state index is 12.0. The number of nitrogens with one attached hydrogen (secondary N) is 1. The number of benzene rings is 1. The molecule has 1 aromatic rings. The van der Waals surface area contributed by atoms with Crippen LogP contribution in [0.5, 0.6) is 0 Å². The first-order valence-corrected chi connectivity index (χ1v) is 19.0. The minimum atomic E-state index is -6.56. The third-order valence-corrected chi connectivity index (χ3v) is 12.3. The molecule has 0 radical (unpaired) electrons. The Balaban J connectivity index is 2.37. The summed E-state index contributed by atoms with van der Waals surface area (Å²) in [5.74, 6) is 0. The maximum absolute atomic E-state index is 12.0. The average Bonchev–Trinajstić information content (AvgIpc) is 2.69. The minimum absolute atomic E-state index is 0.109. The number of unbranched alkanes of at least 4 members (excludes halogenated alkanes) is 3. The zero-order valence-electron chi connectivity index (χ0n) is 20.2. The SMILES string of the molecule is CP(O)(O)(OP(=O)(O)OCCCCCCNC(=O)OCc1ccccc1)OP(=O)(O)OP(=O)(O)OP(=O)(O)O. The van der Waals surface area contributed by atoms with Crippen LogP contribution in [0.15, 0.2) is 30.3 Å². The molecule has 0 aromatic heterocycles. The van der Waals surface area contributed by atoms with Crippen LogP contribution in [-0.2, 0) is 51.4 Å². The molecule has 0 heterocycles. The van der Waals surface area contributed by atoms with Crippen molar-refractivity contribution in [1.82, 2.24) is 5.32 Å². The fraction of sp³-hybridized carbons (Fsp3) is 0.533. The van der Waals surface area contributed by atoms with Crippen LogP contribution in [0, 0.1) is 0 Å². The molecule has 0 fully saturated rings. The molecule has 1 rings (SSSR count). The second kappa shape index (κ2) is 14.5. The van der Waals surface area contributed by atoms with Gasteiger partial charge in [-0.3, -0.25) is 0 Å². The van der Waals surface area contributed by atoms with E-state index in [1.807, 2.05) is 6.07 Å². The molecule has 228 valence electrons. The normalized spacial score (nSPS) is 18.1. The molecular formula is C15H30NO18P5. The van der Waals surface area contributed by atoms with Gasteiger partial charge in [-0.25, -0.2) is 0 Å². The molecule has 19 nitrogen and oxygen atoms in total. The van der Waals surface area contributed by atoms with Gasteiger partial charge in [-0.2, -0.15) is 0 Å². The first-order valence-electron chi connectivity index (χ1n) is 10.6. The Labute approximate surface area is 222 Å². The van der Waals surface area contributed by atoms with Crippen molar-refractivity contribution in [2.24, 2.45) is 0 Å². The van der Waals surface area contributed by atoms with Gasteiger partial charge in [0.05, 0.1) is 0 Å². The Morgan fingerprint density at radius 2 is 1.38 bits per heavy atom. The summed E-state index contributed by atoms with van der Waals surface area (Å²) in [5, 5.41) is 2.55. The molecular weight excluding hydrogens is 637 g/mol. The molecule has 1 amide bonds. The number of ether oxygens (including phenoxy) is 1. The predicted molar refractivity (Wildman–Crippen MR) is 132 cm³/mol. The van der Waals surface area contributed by atoms with Gasteiger partial charge < -0.3 is 0 Å². The van der Waals surface area contributed by atoms with E-state index >= 15 is 0 Å². The topological polar surface area (TPSA) is 294 Å². The molecule has 3 unspecified atom stereocenters. The summed E-state index contributed by atoms with van der Waals surface area (Å²) in [7, 11) is -29.8. The van der Waals surface area contributed by atoms with Gasteiger partial charge in [-0.15, -0.1) is 0 Å². The van der Waals surface area contributed by atoms with Gasteiger partial charge in [0, 0.05) is 0 Å². The zero-order chi connectivity index (χ0) is 30.0. The van der Waals surface area contributed by atoms with E-state index in [1.165, 1.54) is 0 Å². The predicted octanol–water partition coefficient (Wildman–Crippen LogP) is 2.78. The van der Waals surface area contributed by atoms with E-state index in [-0.39, 0.29) is 26.2 Å². The number of phosphoric ester groups is 1. The zero-order valence-corrected chi connectivity index (χ0v) is 24.7.